The van der Waals surface area contributed by atoms with Crippen LogP contribution in [0.2, 0.25) is 0 Å². The average Bonchev–Trinajstić information content (AvgIpc) is 2.66. The van der Waals surface area contributed by atoms with Crippen molar-refractivity contribution in [2.75, 3.05) is 26.3 Å². The van der Waals surface area contributed by atoms with Crippen molar-refractivity contribution in [2.24, 2.45) is 10.7 Å². The highest BCUT2D eigenvalue weighted by Crippen LogP contribution is 2.17. The SMILES string of the molecule is Cc1nc(C)c(CN=C(N)N2CCOCC2)s1.I. The van der Waals surface area contributed by atoms with Gasteiger partial charge < -0.3 is 15.4 Å². The number of halogens is 1. The molecule has 0 aromatic carbocycles. The summed E-state index contributed by atoms with van der Waals surface area (Å²) in [4.78, 5) is 12.1. The smallest absolute Gasteiger partial charge is 0.191 e. The molecule has 0 saturated carbocycles. The third kappa shape index (κ3) is 4.06. The Hall–Kier alpha value is -0.410. The van der Waals surface area contributed by atoms with Crippen LogP contribution in [0, 0.1) is 13.8 Å². The number of aromatic nitrogens is 1. The summed E-state index contributed by atoms with van der Waals surface area (Å²) < 4.78 is 5.27. The van der Waals surface area contributed by atoms with Crippen molar-refractivity contribution in [2.45, 2.75) is 20.4 Å². The summed E-state index contributed by atoms with van der Waals surface area (Å²) >= 11 is 1.69. The molecule has 1 aromatic heterocycles. The first-order chi connectivity index (χ1) is 8.16. The Morgan fingerprint density at radius 2 is 2.11 bits per heavy atom. The number of ether oxygens (including phenoxy) is 1. The second-order valence-electron chi connectivity index (χ2n) is 4.02. The molecule has 1 aromatic rings. The molecule has 0 amide bonds. The minimum absolute atomic E-state index is 0. The fourth-order valence-electron chi connectivity index (χ4n) is 1.77. The lowest BCUT2D eigenvalue weighted by Crippen LogP contribution is -2.44. The number of aryl methyl sites for hydroxylation is 2. The maximum Gasteiger partial charge on any atom is 0.191 e. The number of thiazole rings is 1. The summed E-state index contributed by atoms with van der Waals surface area (Å²) in [5, 5.41) is 1.08. The van der Waals surface area contributed by atoms with Crippen LogP contribution in [0.3, 0.4) is 0 Å². The standard InChI is InChI=1S/C11H18N4OS.HI/c1-8-10(17-9(2)14-8)7-13-11(12)15-3-5-16-6-4-15;/h3-7H2,1-2H3,(H2,12,13);1H. The molecule has 7 heteroatoms. The van der Waals surface area contributed by atoms with Gasteiger partial charge in [-0.25, -0.2) is 9.98 Å². The van der Waals surface area contributed by atoms with E-state index in [1.807, 2.05) is 13.8 Å². The number of morpholine rings is 1. The van der Waals surface area contributed by atoms with E-state index in [0.29, 0.717) is 12.5 Å². The van der Waals surface area contributed by atoms with Gasteiger partial charge in [-0.05, 0) is 13.8 Å². The lowest BCUT2D eigenvalue weighted by Gasteiger charge is -2.27. The molecule has 1 aliphatic rings. The second-order valence-corrected chi connectivity index (χ2v) is 5.30. The summed E-state index contributed by atoms with van der Waals surface area (Å²) in [5.74, 6) is 0.610. The largest absolute Gasteiger partial charge is 0.378 e. The quantitative estimate of drug-likeness (QED) is 0.479. The number of hydrogen-bond donors (Lipinski definition) is 1. The van der Waals surface area contributed by atoms with Gasteiger partial charge in [0.25, 0.3) is 0 Å². The lowest BCUT2D eigenvalue weighted by molar-refractivity contribution is 0.0674. The zero-order valence-electron chi connectivity index (χ0n) is 10.7. The predicted molar refractivity (Wildman–Crippen MR) is 84.7 cm³/mol. The normalized spacial score (nSPS) is 16.6. The molecular weight excluding hydrogens is 363 g/mol. The van der Waals surface area contributed by atoms with Gasteiger partial charge in [-0.2, -0.15) is 0 Å². The summed E-state index contributed by atoms with van der Waals surface area (Å²) in [6.07, 6.45) is 0. The van der Waals surface area contributed by atoms with Gasteiger partial charge >= 0.3 is 0 Å². The first kappa shape index (κ1) is 15.6. The topological polar surface area (TPSA) is 63.7 Å². The van der Waals surface area contributed by atoms with Crippen molar-refractivity contribution in [1.29, 1.82) is 0 Å². The van der Waals surface area contributed by atoms with Crippen molar-refractivity contribution >= 4 is 41.3 Å². The molecule has 2 heterocycles. The maximum atomic E-state index is 5.96. The molecule has 1 fully saturated rings. The summed E-state index contributed by atoms with van der Waals surface area (Å²) in [6.45, 7) is 7.77. The van der Waals surface area contributed by atoms with Gasteiger partial charge in [0, 0.05) is 18.0 Å². The van der Waals surface area contributed by atoms with E-state index in [9.17, 15) is 0 Å². The van der Waals surface area contributed by atoms with Gasteiger partial charge in [-0.3, -0.25) is 0 Å². The highest BCUT2D eigenvalue weighted by atomic mass is 127. The molecule has 0 spiro atoms. The Labute approximate surface area is 128 Å². The van der Waals surface area contributed by atoms with Gasteiger partial charge in [-0.15, -0.1) is 35.3 Å². The van der Waals surface area contributed by atoms with Crippen molar-refractivity contribution in [1.82, 2.24) is 9.88 Å². The molecule has 2 rings (SSSR count). The lowest BCUT2D eigenvalue weighted by atomic mass is 10.4. The molecule has 0 aliphatic carbocycles. The fraction of sp³-hybridized carbons (Fsp3) is 0.636. The van der Waals surface area contributed by atoms with Crippen molar-refractivity contribution in [3.8, 4) is 0 Å². The van der Waals surface area contributed by atoms with Gasteiger partial charge in [0.2, 0.25) is 0 Å². The van der Waals surface area contributed by atoms with E-state index < -0.39 is 0 Å². The minimum Gasteiger partial charge on any atom is -0.378 e. The Morgan fingerprint density at radius 1 is 1.44 bits per heavy atom. The molecule has 0 bridgehead atoms. The van der Waals surface area contributed by atoms with Crippen LogP contribution in [0.4, 0.5) is 0 Å². The van der Waals surface area contributed by atoms with Gasteiger partial charge in [0.1, 0.15) is 0 Å². The summed E-state index contributed by atoms with van der Waals surface area (Å²) in [5.41, 5.74) is 7.02. The first-order valence-corrected chi connectivity index (χ1v) is 6.54. The second kappa shape index (κ2) is 7.25. The van der Waals surface area contributed by atoms with Gasteiger partial charge in [0.15, 0.2) is 5.96 Å². The molecule has 0 atom stereocenters. The van der Waals surface area contributed by atoms with Crippen LogP contribution >= 0.6 is 35.3 Å². The van der Waals surface area contributed by atoms with E-state index >= 15 is 0 Å². The molecule has 5 nitrogen and oxygen atoms in total. The first-order valence-electron chi connectivity index (χ1n) is 5.72. The van der Waals surface area contributed by atoms with E-state index in [2.05, 4.69) is 14.9 Å². The molecule has 102 valence electrons. The van der Waals surface area contributed by atoms with Crippen LogP contribution in [-0.2, 0) is 11.3 Å². The molecule has 18 heavy (non-hydrogen) atoms. The van der Waals surface area contributed by atoms with Crippen molar-refractivity contribution in [3.63, 3.8) is 0 Å². The Morgan fingerprint density at radius 3 is 2.67 bits per heavy atom. The molecule has 1 saturated heterocycles. The minimum atomic E-state index is 0. The van der Waals surface area contributed by atoms with Crippen LogP contribution in [0.1, 0.15) is 15.6 Å². The highest BCUT2D eigenvalue weighted by Gasteiger charge is 2.12. The van der Waals surface area contributed by atoms with E-state index in [-0.39, 0.29) is 24.0 Å². The summed E-state index contributed by atoms with van der Waals surface area (Å²) in [6, 6.07) is 0. The van der Waals surface area contributed by atoms with Crippen LogP contribution in [-0.4, -0.2) is 42.1 Å². The van der Waals surface area contributed by atoms with Gasteiger partial charge in [0.05, 0.1) is 30.5 Å². The molecule has 1 aliphatic heterocycles. The monoisotopic (exact) mass is 382 g/mol. The van der Waals surface area contributed by atoms with E-state index in [1.165, 1.54) is 4.88 Å². The summed E-state index contributed by atoms with van der Waals surface area (Å²) in [7, 11) is 0. The van der Waals surface area contributed by atoms with Crippen LogP contribution in [0.5, 0.6) is 0 Å². The number of nitrogens with zero attached hydrogens (tertiary/aromatic N) is 3. The third-order valence-electron chi connectivity index (χ3n) is 2.72. The van der Waals surface area contributed by atoms with E-state index in [1.54, 1.807) is 11.3 Å². The zero-order valence-corrected chi connectivity index (χ0v) is 13.8. The Balaban J connectivity index is 0.00000162. The maximum absolute atomic E-state index is 5.96. The van der Waals surface area contributed by atoms with Crippen LogP contribution < -0.4 is 5.73 Å². The average molecular weight is 382 g/mol. The van der Waals surface area contributed by atoms with E-state index in [0.717, 1.165) is 37.0 Å². The number of nitrogens with two attached hydrogens (primary N) is 1. The van der Waals surface area contributed by atoms with Gasteiger partial charge in [-0.1, -0.05) is 0 Å². The van der Waals surface area contributed by atoms with Crippen LogP contribution in [0.15, 0.2) is 4.99 Å². The van der Waals surface area contributed by atoms with Crippen molar-refractivity contribution in [3.05, 3.63) is 15.6 Å². The third-order valence-corrected chi connectivity index (χ3v) is 3.78. The molecular formula is C11H19IN4OS. The predicted octanol–water partition coefficient (Wildman–Crippen LogP) is 1.52. The number of aliphatic imine (C=N–C) groups is 1. The fourth-order valence-corrected chi connectivity index (χ4v) is 2.63. The molecule has 0 unspecified atom stereocenters. The number of guanidine groups is 1. The number of hydrogen-bond acceptors (Lipinski definition) is 4. The molecule has 2 N–H and O–H groups in total. The van der Waals surface area contributed by atoms with Crippen molar-refractivity contribution < 1.29 is 4.74 Å². The zero-order chi connectivity index (χ0) is 12.3. The van der Waals surface area contributed by atoms with E-state index in [4.69, 9.17) is 10.5 Å². The number of rotatable bonds is 2. The van der Waals surface area contributed by atoms with Crippen LogP contribution in [0.25, 0.3) is 0 Å². The molecule has 0 radical (unpaired) electrons. The Bertz CT molecular complexity index is 415. The Kier molecular flexibility index (Phi) is 6.30. The highest BCUT2D eigenvalue weighted by molar-refractivity contribution is 14.0.